The minimum Gasteiger partial charge on any atom is -0.462 e. The van der Waals surface area contributed by atoms with Crippen molar-refractivity contribution in [3.8, 4) is 0 Å². The SMILES string of the molecule is CC/C=C\C/C=C\C/C=C\C/C=C\C/C=C\C/C=C\CCCCCCCCCCCCCCCCC(=O)OCC(COC(=O)CCCCCCCCC)OC(=O)CCCCCCCCCCCCCCCCCCCCCCCC. The van der Waals surface area contributed by atoms with Crippen molar-refractivity contribution in [1.82, 2.24) is 0 Å². The molecule has 0 amide bonds. The van der Waals surface area contributed by atoms with Crippen LogP contribution in [0.3, 0.4) is 0 Å². The van der Waals surface area contributed by atoms with E-state index in [0.29, 0.717) is 19.3 Å². The molecule has 0 fully saturated rings. The van der Waals surface area contributed by atoms with E-state index in [-0.39, 0.29) is 31.1 Å². The lowest BCUT2D eigenvalue weighted by molar-refractivity contribution is -0.167. The van der Waals surface area contributed by atoms with Crippen molar-refractivity contribution in [3.05, 3.63) is 72.9 Å². The zero-order valence-corrected chi connectivity index (χ0v) is 53.3. The predicted molar refractivity (Wildman–Crippen MR) is 348 cm³/mol. The molecule has 0 bridgehead atoms. The van der Waals surface area contributed by atoms with Gasteiger partial charge in [0.15, 0.2) is 6.10 Å². The molecule has 1 atom stereocenters. The topological polar surface area (TPSA) is 78.9 Å². The molecule has 1 unspecified atom stereocenters. The van der Waals surface area contributed by atoms with E-state index in [9.17, 15) is 14.4 Å². The third-order valence-electron chi connectivity index (χ3n) is 15.5. The highest BCUT2D eigenvalue weighted by Crippen LogP contribution is 2.18. The number of hydrogen-bond acceptors (Lipinski definition) is 6. The first-order valence-corrected chi connectivity index (χ1v) is 34.9. The number of hydrogen-bond donors (Lipinski definition) is 0. The first-order valence-electron chi connectivity index (χ1n) is 34.9. The van der Waals surface area contributed by atoms with Crippen LogP contribution in [0, 0.1) is 0 Å². The van der Waals surface area contributed by atoms with Gasteiger partial charge in [-0.05, 0) is 70.6 Å². The fourth-order valence-corrected chi connectivity index (χ4v) is 10.3. The maximum Gasteiger partial charge on any atom is 0.306 e. The van der Waals surface area contributed by atoms with E-state index in [2.05, 4.69) is 93.7 Å². The Labute approximate surface area is 497 Å². The average Bonchev–Trinajstić information content (AvgIpc) is 3.46. The molecule has 80 heavy (non-hydrogen) atoms. The van der Waals surface area contributed by atoms with Crippen LogP contribution in [0.5, 0.6) is 0 Å². The minimum absolute atomic E-state index is 0.0694. The lowest BCUT2D eigenvalue weighted by atomic mass is 10.0. The van der Waals surface area contributed by atoms with Gasteiger partial charge in [-0.2, -0.15) is 0 Å². The lowest BCUT2D eigenvalue weighted by Gasteiger charge is -2.18. The van der Waals surface area contributed by atoms with E-state index in [1.165, 1.54) is 225 Å². The molecule has 0 heterocycles. The molecule has 0 spiro atoms. The molecule has 0 aliphatic carbocycles. The summed E-state index contributed by atoms with van der Waals surface area (Å²) in [5, 5.41) is 0. The van der Waals surface area contributed by atoms with Crippen molar-refractivity contribution in [1.29, 1.82) is 0 Å². The summed E-state index contributed by atoms with van der Waals surface area (Å²) >= 11 is 0. The lowest BCUT2D eigenvalue weighted by Crippen LogP contribution is -2.30. The van der Waals surface area contributed by atoms with Gasteiger partial charge in [-0.25, -0.2) is 0 Å². The molecule has 464 valence electrons. The van der Waals surface area contributed by atoms with E-state index in [1.807, 2.05) is 0 Å². The zero-order chi connectivity index (χ0) is 57.8. The number of carbonyl (C=O) groups is 3. The molecule has 0 aromatic carbocycles. The molecule has 0 radical (unpaired) electrons. The molecule has 0 aliphatic rings. The summed E-state index contributed by atoms with van der Waals surface area (Å²) in [6.45, 7) is 6.54. The van der Waals surface area contributed by atoms with E-state index >= 15 is 0 Å². The molecule has 6 nitrogen and oxygen atoms in total. The Hall–Kier alpha value is -3.15. The number of rotatable bonds is 64. The van der Waals surface area contributed by atoms with Crippen molar-refractivity contribution < 1.29 is 28.6 Å². The fraction of sp³-hybridized carbons (Fsp3) is 0.797. The van der Waals surface area contributed by atoms with Crippen LogP contribution in [0.4, 0.5) is 0 Å². The largest absolute Gasteiger partial charge is 0.462 e. The second kappa shape index (κ2) is 68.3. The van der Waals surface area contributed by atoms with Crippen molar-refractivity contribution in [2.75, 3.05) is 13.2 Å². The Kier molecular flexibility index (Phi) is 65.7. The highest BCUT2D eigenvalue weighted by atomic mass is 16.6. The van der Waals surface area contributed by atoms with E-state index in [0.717, 1.165) is 96.3 Å². The Morgan fingerprint density at radius 1 is 0.263 bits per heavy atom. The number of carbonyl (C=O) groups excluding carboxylic acids is 3. The van der Waals surface area contributed by atoms with Gasteiger partial charge in [0.05, 0.1) is 0 Å². The van der Waals surface area contributed by atoms with Crippen molar-refractivity contribution in [2.24, 2.45) is 0 Å². The standard InChI is InChI=1S/C74H132O6/c1-4-7-10-13-16-18-20-22-24-26-28-30-32-33-34-35-36-37-38-39-40-41-42-44-45-47-49-51-53-55-58-61-64-67-73(76)79-70-71(69-78-72(75)66-63-60-57-15-12-9-6-3)80-74(77)68-65-62-59-56-54-52-50-48-46-43-31-29-27-25-23-21-19-17-14-11-8-5-2/h7,10,16,18,22,24,28,30,33-34,36-37,71H,4-6,8-9,11-15,17,19-21,23,25-27,29,31-32,35,38-70H2,1-3H3/b10-7-,18-16-,24-22-,30-28-,34-33-,37-36-. The Bertz CT molecular complexity index is 1470. The van der Waals surface area contributed by atoms with Crippen LogP contribution in [-0.2, 0) is 28.6 Å². The molecule has 0 aliphatic heterocycles. The van der Waals surface area contributed by atoms with Crippen LogP contribution < -0.4 is 0 Å². The first-order chi connectivity index (χ1) is 39.5. The third kappa shape index (κ3) is 65.7. The zero-order valence-electron chi connectivity index (χ0n) is 53.3. The Morgan fingerprint density at radius 2 is 0.487 bits per heavy atom. The third-order valence-corrected chi connectivity index (χ3v) is 15.5. The number of ether oxygens (including phenoxy) is 3. The second-order valence-electron chi connectivity index (χ2n) is 23.4. The maximum absolute atomic E-state index is 12.9. The average molecular weight is 1120 g/mol. The summed E-state index contributed by atoms with van der Waals surface area (Å²) < 4.78 is 16.9. The number of allylic oxidation sites excluding steroid dienone is 12. The molecule has 0 N–H and O–H groups in total. The normalized spacial score (nSPS) is 12.5. The van der Waals surface area contributed by atoms with Crippen molar-refractivity contribution >= 4 is 17.9 Å². The van der Waals surface area contributed by atoms with Crippen LogP contribution in [0.2, 0.25) is 0 Å². The maximum atomic E-state index is 12.9. The first kappa shape index (κ1) is 76.9. The number of esters is 3. The summed E-state index contributed by atoms with van der Waals surface area (Å²) in [5.74, 6) is -0.855. The quantitative estimate of drug-likeness (QED) is 0.0261. The summed E-state index contributed by atoms with van der Waals surface area (Å²) in [6, 6.07) is 0. The smallest absolute Gasteiger partial charge is 0.306 e. The Balaban J connectivity index is 4.03. The molecule has 0 saturated carbocycles. The van der Waals surface area contributed by atoms with Gasteiger partial charge in [0.1, 0.15) is 13.2 Å². The minimum atomic E-state index is -0.770. The van der Waals surface area contributed by atoms with Gasteiger partial charge >= 0.3 is 17.9 Å². The summed E-state index contributed by atoms with van der Waals surface area (Å²) in [7, 11) is 0. The predicted octanol–water partition coefficient (Wildman–Crippen LogP) is 24.1. The molecular formula is C74H132O6. The van der Waals surface area contributed by atoms with Gasteiger partial charge in [0.25, 0.3) is 0 Å². The summed E-state index contributed by atoms with van der Waals surface area (Å²) in [4.78, 5) is 38.2. The van der Waals surface area contributed by atoms with E-state index in [4.69, 9.17) is 14.2 Å². The van der Waals surface area contributed by atoms with E-state index in [1.54, 1.807) is 0 Å². The van der Waals surface area contributed by atoms with Gasteiger partial charge < -0.3 is 14.2 Å². The highest BCUT2D eigenvalue weighted by Gasteiger charge is 2.19. The monoisotopic (exact) mass is 1120 g/mol. The summed E-state index contributed by atoms with van der Waals surface area (Å²) in [5.41, 5.74) is 0. The Morgan fingerprint density at radius 3 is 0.762 bits per heavy atom. The second-order valence-corrected chi connectivity index (χ2v) is 23.4. The fourth-order valence-electron chi connectivity index (χ4n) is 10.3. The van der Waals surface area contributed by atoms with Crippen LogP contribution in [0.1, 0.15) is 361 Å². The molecule has 0 saturated heterocycles. The van der Waals surface area contributed by atoms with Crippen LogP contribution in [0.15, 0.2) is 72.9 Å². The van der Waals surface area contributed by atoms with Crippen molar-refractivity contribution in [2.45, 2.75) is 367 Å². The molecule has 0 aromatic rings. The van der Waals surface area contributed by atoms with Gasteiger partial charge in [0, 0.05) is 19.3 Å². The van der Waals surface area contributed by atoms with Gasteiger partial charge in [0.2, 0.25) is 0 Å². The molecular weight excluding hydrogens is 985 g/mol. The van der Waals surface area contributed by atoms with Crippen LogP contribution in [0.25, 0.3) is 0 Å². The van der Waals surface area contributed by atoms with E-state index < -0.39 is 6.10 Å². The van der Waals surface area contributed by atoms with Gasteiger partial charge in [-0.1, -0.05) is 344 Å². The highest BCUT2D eigenvalue weighted by molar-refractivity contribution is 5.71. The van der Waals surface area contributed by atoms with Crippen LogP contribution >= 0.6 is 0 Å². The van der Waals surface area contributed by atoms with Gasteiger partial charge in [-0.15, -0.1) is 0 Å². The van der Waals surface area contributed by atoms with Gasteiger partial charge in [-0.3, -0.25) is 14.4 Å². The molecule has 0 aromatic heterocycles. The van der Waals surface area contributed by atoms with Crippen molar-refractivity contribution in [3.63, 3.8) is 0 Å². The molecule has 6 heteroatoms. The summed E-state index contributed by atoms with van der Waals surface area (Å²) in [6.07, 6.45) is 89.6. The number of unbranched alkanes of at least 4 members (excludes halogenated alkanes) is 41. The van der Waals surface area contributed by atoms with Crippen LogP contribution in [-0.4, -0.2) is 37.2 Å². The molecule has 0 rings (SSSR count).